The molecule has 96 valence electrons. The van der Waals surface area contributed by atoms with Crippen molar-refractivity contribution in [1.29, 1.82) is 0 Å². The molecule has 0 bridgehead atoms. The number of nitrogens with zero attached hydrogens (tertiary/aromatic N) is 1. The molecule has 0 aromatic heterocycles. The molecule has 1 aromatic rings. The van der Waals surface area contributed by atoms with Crippen LogP contribution < -0.4 is 0 Å². The van der Waals surface area contributed by atoms with Gasteiger partial charge in [-0.1, -0.05) is 11.6 Å². The zero-order chi connectivity index (χ0) is 14.0. The lowest BCUT2D eigenvalue weighted by Gasteiger charge is -2.10. The van der Waals surface area contributed by atoms with Crippen LogP contribution in [0, 0.1) is 0 Å². The predicted octanol–water partition coefficient (Wildman–Crippen LogP) is 3.40. The first-order chi connectivity index (χ1) is 8.99. The molecule has 0 atom stereocenters. The van der Waals surface area contributed by atoms with Crippen molar-refractivity contribution >= 4 is 29.0 Å². The summed E-state index contributed by atoms with van der Waals surface area (Å²) in [4.78, 5) is 27.5. The molecule has 1 aromatic carbocycles. The van der Waals surface area contributed by atoms with E-state index in [0.717, 1.165) is 5.57 Å². The Balaban J connectivity index is 2.32. The lowest BCUT2D eigenvalue weighted by Crippen LogP contribution is -2.12. The molecule has 4 heteroatoms. The highest BCUT2D eigenvalue weighted by Gasteiger charge is 2.15. The molecule has 0 unspecified atom stereocenters. The predicted molar refractivity (Wildman–Crippen MR) is 75.7 cm³/mol. The van der Waals surface area contributed by atoms with Gasteiger partial charge in [0.25, 0.3) is 5.91 Å². The molecule has 0 aliphatic heterocycles. The first-order valence-corrected chi connectivity index (χ1v) is 6.15. The van der Waals surface area contributed by atoms with E-state index in [4.69, 9.17) is 11.6 Å². The van der Waals surface area contributed by atoms with E-state index >= 15 is 0 Å². The monoisotopic (exact) mass is 273 g/mol. The van der Waals surface area contributed by atoms with Gasteiger partial charge in [0, 0.05) is 16.2 Å². The number of benzene rings is 1. The minimum absolute atomic E-state index is 0.0459. The third-order valence-corrected chi connectivity index (χ3v) is 3.27. The fraction of sp³-hybridized carbons (Fsp3) is 0.133. The fourth-order valence-corrected chi connectivity index (χ4v) is 1.80. The Labute approximate surface area is 116 Å². The van der Waals surface area contributed by atoms with Crippen molar-refractivity contribution in [3.05, 3.63) is 58.1 Å². The first kappa shape index (κ1) is 13.4. The maximum atomic E-state index is 12.0. The number of ketones is 1. The fourth-order valence-electron chi connectivity index (χ4n) is 1.67. The zero-order valence-electron chi connectivity index (χ0n) is 10.6. The second-order valence-electron chi connectivity index (χ2n) is 4.26. The van der Waals surface area contributed by atoms with Gasteiger partial charge in [-0.3, -0.25) is 9.59 Å². The van der Waals surface area contributed by atoms with Gasteiger partial charge in [-0.2, -0.15) is 0 Å². The van der Waals surface area contributed by atoms with E-state index in [9.17, 15) is 9.59 Å². The summed E-state index contributed by atoms with van der Waals surface area (Å²) in [5.74, 6) is -0.395. The van der Waals surface area contributed by atoms with Crippen LogP contribution in [0.4, 0.5) is 0 Å². The summed E-state index contributed by atoms with van der Waals surface area (Å²) in [5, 5.41) is 0.569. The molecule has 1 aliphatic carbocycles. The molecule has 0 N–H and O–H groups in total. The van der Waals surface area contributed by atoms with Gasteiger partial charge in [-0.05, 0) is 55.8 Å². The van der Waals surface area contributed by atoms with E-state index in [0.29, 0.717) is 21.9 Å². The van der Waals surface area contributed by atoms with Crippen LogP contribution in [0.1, 0.15) is 24.2 Å². The van der Waals surface area contributed by atoms with Crippen LogP contribution in [-0.4, -0.2) is 17.4 Å². The van der Waals surface area contributed by atoms with E-state index in [2.05, 4.69) is 4.99 Å². The molecule has 0 heterocycles. The van der Waals surface area contributed by atoms with Gasteiger partial charge in [0.2, 0.25) is 0 Å². The quantitative estimate of drug-likeness (QED) is 0.736. The Morgan fingerprint density at radius 3 is 2.32 bits per heavy atom. The van der Waals surface area contributed by atoms with Crippen molar-refractivity contribution in [2.75, 3.05) is 0 Å². The summed E-state index contributed by atoms with van der Waals surface area (Å²) < 4.78 is 0. The van der Waals surface area contributed by atoms with Gasteiger partial charge in [-0.25, -0.2) is 4.99 Å². The molecule has 0 saturated carbocycles. The topological polar surface area (TPSA) is 46.5 Å². The van der Waals surface area contributed by atoms with Crippen LogP contribution in [0.25, 0.3) is 0 Å². The number of hydrogen-bond acceptors (Lipinski definition) is 2. The van der Waals surface area contributed by atoms with Gasteiger partial charge in [0.15, 0.2) is 5.78 Å². The number of halogens is 1. The summed E-state index contributed by atoms with van der Waals surface area (Å²) in [6, 6.07) is 6.53. The third kappa shape index (κ3) is 2.88. The van der Waals surface area contributed by atoms with Gasteiger partial charge in [0.05, 0.1) is 5.71 Å². The standard InChI is InChI=1S/C15H12ClNO2/c1-9-10(2)14(18)8-7-13(9)17-15(19)11-3-5-12(16)6-4-11/h3-8H,1-2H3. The number of carbonyl (C=O) groups is 2. The molecule has 3 nitrogen and oxygen atoms in total. The van der Waals surface area contributed by atoms with Crippen molar-refractivity contribution in [2.24, 2.45) is 4.99 Å². The van der Waals surface area contributed by atoms with E-state index in [1.165, 1.54) is 6.08 Å². The van der Waals surface area contributed by atoms with E-state index in [1.807, 2.05) is 0 Å². The molecule has 1 amide bonds. The van der Waals surface area contributed by atoms with Crippen LogP contribution in [0.3, 0.4) is 0 Å². The van der Waals surface area contributed by atoms with E-state index in [-0.39, 0.29) is 11.7 Å². The highest BCUT2D eigenvalue weighted by molar-refractivity contribution is 6.30. The molecule has 0 fully saturated rings. The Hall–Kier alpha value is -2.00. The van der Waals surface area contributed by atoms with Crippen molar-refractivity contribution in [2.45, 2.75) is 13.8 Å². The van der Waals surface area contributed by atoms with Gasteiger partial charge in [-0.15, -0.1) is 0 Å². The largest absolute Gasteiger partial charge is 0.290 e. The summed E-state index contributed by atoms with van der Waals surface area (Å²) in [6.07, 6.45) is 2.99. The van der Waals surface area contributed by atoms with Gasteiger partial charge >= 0.3 is 0 Å². The Morgan fingerprint density at radius 1 is 1.05 bits per heavy atom. The van der Waals surface area contributed by atoms with Crippen LogP contribution in [0.2, 0.25) is 5.02 Å². The third-order valence-electron chi connectivity index (χ3n) is 3.02. The summed E-state index contributed by atoms with van der Waals surface area (Å²) in [6.45, 7) is 3.51. The van der Waals surface area contributed by atoms with Crippen LogP contribution in [0.5, 0.6) is 0 Å². The molecular formula is C15H12ClNO2. The van der Waals surface area contributed by atoms with Crippen LogP contribution >= 0.6 is 11.6 Å². The van der Waals surface area contributed by atoms with Gasteiger partial charge < -0.3 is 0 Å². The number of hydrogen-bond donors (Lipinski definition) is 0. The first-order valence-electron chi connectivity index (χ1n) is 5.78. The average molecular weight is 274 g/mol. The summed E-state index contributed by atoms with van der Waals surface area (Å²) >= 11 is 5.76. The lowest BCUT2D eigenvalue weighted by molar-refractivity contribution is -0.111. The van der Waals surface area contributed by atoms with Crippen molar-refractivity contribution in [3.8, 4) is 0 Å². The molecule has 0 radical (unpaired) electrons. The van der Waals surface area contributed by atoms with Crippen LogP contribution in [-0.2, 0) is 4.79 Å². The maximum Gasteiger partial charge on any atom is 0.277 e. The zero-order valence-corrected chi connectivity index (χ0v) is 11.4. The number of carbonyl (C=O) groups excluding carboxylic acids is 2. The molecule has 2 rings (SSSR count). The molecule has 0 saturated heterocycles. The average Bonchev–Trinajstić information content (AvgIpc) is 2.40. The van der Waals surface area contributed by atoms with Crippen molar-refractivity contribution in [3.63, 3.8) is 0 Å². The highest BCUT2D eigenvalue weighted by Crippen LogP contribution is 2.16. The summed E-state index contributed by atoms with van der Waals surface area (Å²) in [5.41, 5.74) is 2.34. The molecule has 1 aliphatic rings. The minimum atomic E-state index is -0.349. The SMILES string of the molecule is CC1=C(C)C(=NC(=O)c2ccc(Cl)cc2)C=CC1=O. The Bertz CT molecular complexity index is 637. The number of rotatable bonds is 1. The van der Waals surface area contributed by atoms with Crippen molar-refractivity contribution in [1.82, 2.24) is 0 Å². The maximum absolute atomic E-state index is 12.0. The number of amides is 1. The molecule has 0 spiro atoms. The normalized spacial score (nSPS) is 17.2. The van der Waals surface area contributed by atoms with E-state index < -0.39 is 0 Å². The molecular weight excluding hydrogens is 262 g/mol. The summed E-state index contributed by atoms with van der Waals surface area (Å²) in [7, 11) is 0. The van der Waals surface area contributed by atoms with Gasteiger partial charge in [0.1, 0.15) is 0 Å². The molecule has 19 heavy (non-hydrogen) atoms. The van der Waals surface area contributed by atoms with Crippen molar-refractivity contribution < 1.29 is 9.59 Å². The second kappa shape index (κ2) is 5.33. The number of aliphatic imine (C=N–C) groups is 1. The van der Waals surface area contributed by atoms with Crippen LogP contribution in [0.15, 0.2) is 52.6 Å². The number of allylic oxidation sites excluding steroid dienone is 4. The highest BCUT2D eigenvalue weighted by atomic mass is 35.5. The lowest BCUT2D eigenvalue weighted by atomic mass is 9.97. The smallest absolute Gasteiger partial charge is 0.277 e. The second-order valence-corrected chi connectivity index (χ2v) is 4.69. The Morgan fingerprint density at radius 2 is 1.68 bits per heavy atom. The van der Waals surface area contributed by atoms with E-state index in [1.54, 1.807) is 44.2 Å². The minimum Gasteiger partial charge on any atom is -0.290 e. The Kier molecular flexibility index (Phi) is 3.76.